The van der Waals surface area contributed by atoms with Crippen LogP contribution in [0.5, 0.6) is 34.5 Å². The highest BCUT2D eigenvalue weighted by Gasteiger charge is 2.36. The van der Waals surface area contributed by atoms with Crippen molar-refractivity contribution < 1.29 is 38.3 Å². The molecule has 8 nitrogen and oxygen atoms in total. The molecule has 4 rings (SSSR count). The van der Waals surface area contributed by atoms with Gasteiger partial charge in [-0.05, 0) is 55.0 Å². The first-order chi connectivity index (χ1) is 16.8. The summed E-state index contributed by atoms with van der Waals surface area (Å²) in [6.07, 6.45) is 0. The van der Waals surface area contributed by atoms with Gasteiger partial charge in [-0.3, -0.25) is 0 Å². The number of phenolic OH excluding ortho intramolecular Hbond substituents is 1. The van der Waals surface area contributed by atoms with E-state index in [0.29, 0.717) is 62.2 Å². The average molecular weight is 481 g/mol. The van der Waals surface area contributed by atoms with E-state index in [2.05, 4.69) is 0 Å². The van der Waals surface area contributed by atoms with Crippen molar-refractivity contribution in [1.29, 1.82) is 0 Å². The van der Waals surface area contributed by atoms with Crippen LogP contribution < -0.4 is 23.7 Å². The normalized spacial score (nSPS) is 12.8. The number of hydrogen-bond acceptors (Lipinski definition) is 8. The number of aliphatic hydroxyl groups is 1. The van der Waals surface area contributed by atoms with Crippen molar-refractivity contribution >= 4 is 11.0 Å². The lowest BCUT2D eigenvalue weighted by atomic mass is 9.84. The molecule has 0 aliphatic carbocycles. The summed E-state index contributed by atoms with van der Waals surface area (Å²) in [5.74, 6) is 2.47. The van der Waals surface area contributed by atoms with Gasteiger partial charge in [-0.15, -0.1) is 0 Å². The highest BCUT2D eigenvalue weighted by atomic mass is 16.5. The topological polar surface area (TPSA) is 99.8 Å². The van der Waals surface area contributed by atoms with Crippen molar-refractivity contribution in [2.24, 2.45) is 0 Å². The van der Waals surface area contributed by atoms with E-state index in [0.717, 1.165) is 0 Å². The van der Waals surface area contributed by atoms with Crippen molar-refractivity contribution in [1.82, 2.24) is 0 Å². The number of aromatic hydroxyl groups is 1. The molecule has 0 radical (unpaired) electrons. The lowest BCUT2D eigenvalue weighted by Gasteiger charge is -2.26. The second-order valence-corrected chi connectivity index (χ2v) is 8.04. The summed E-state index contributed by atoms with van der Waals surface area (Å²) >= 11 is 0. The number of ether oxygens (including phenoxy) is 5. The van der Waals surface area contributed by atoms with E-state index < -0.39 is 5.60 Å². The largest absolute Gasteiger partial charge is 0.504 e. The Kier molecular flexibility index (Phi) is 6.41. The molecule has 184 valence electrons. The van der Waals surface area contributed by atoms with Gasteiger partial charge in [-0.25, -0.2) is 0 Å². The van der Waals surface area contributed by atoms with Gasteiger partial charge in [0.15, 0.2) is 23.0 Å². The van der Waals surface area contributed by atoms with Crippen LogP contribution in [0.2, 0.25) is 0 Å². The van der Waals surface area contributed by atoms with E-state index in [1.165, 1.54) is 34.5 Å². The van der Waals surface area contributed by atoms with Crippen molar-refractivity contribution in [2.45, 2.75) is 12.5 Å². The molecule has 0 aliphatic rings. The lowest BCUT2D eigenvalue weighted by molar-refractivity contribution is 0.103. The SMILES string of the molecule is COc1ccc2c(C(C)(O)c3cc(OC)c(OC)c(OC)c3)c(-c3ccc(OC)c(O)c3)oc2c1. The molecule has 0 saturated heterocycles. The molecule has 35 heavy (non-hydrogen) atoms. The Hall–Kier alpha value is -4.04. The smallest absolute Gasteiger partial charge is 0.203 e. The Morgan fingerprint density at radius 3 is 1.94 bits per heavy atom. The highest BCUT2D eigenvalue weighted by Crippen LogP contribution is 2.48. The van der Waals surface area contributed by atoms with Crippen molar-refractivity contribution in [2.75, 3.05) is 35.5 Å². The summed E-state index contributed by atoms with van der Waals surface area (Å²) in [6.45, 7) is 1.66. The molecule has 0 fully saturated rings. The number of fused-ring (bicyclic) bond motifs is 1. The van der Waals surface area contributed by atoms with Crippen molar-refractivity contribution in [3.05, 3.63) is 59.7 Å². The van der Waals surface area contributed by atoms with Crippen LogP contribution >= 0.6 is 0 Å². The van der Waals surface area contributed by atoms with E-state index in [9.17, 15) is 10.2 Å². The van der Waals surface area contributed by atoms with E-state index in [1.54, 1.807) is 50.4 Å². The Bertz CT molecular complexity index is 1340. The fourth-order valence-corrected chi connectivity index (χ4v) is 4.23. The summed E-state index contributed by atoms with van der Waals surface area (Å²) in [4.78, 5) is 0. The van der Waals surface area contributed by atoms with Crippen LogP contribution in [0.1, 0.15) is 18.1 Å². The molecular formula is C27H28O8. The van der Waals surface area contributed by atoms with Crippen LogP contribution in [0.15, 0.2) is 52.9 Å². The summed E-state index contributed by atoms with van der Waals surface area (Å²) in [7, 11) is 7.59. The second-order valence-electron chi connectivity index (χ2n) is 8.04. The monoisotopic (exact) mass is 480 g/mol. The summed E-state index contributed by atoms with van der Waals surface area (Å²) in [5, 5.41) is 23.2. The fourth-order valence-electron chi connectivity index (χ4n) is 4.23. The molecule has 0 aliphatic heterocycles. The van der Waals surface area contributed by atoms with Gasteiger partial charge in [0.25, 0.3) is 0 Å². The molecule has 1 heterocycles. The molecule has 1 atom stereocenters. The zero-order valence-corrected chi connectivity index (χ0v) is 20.5. The third-order valence-corrected chi connectivity index (χ3v) is 6.05. The molecule has 8 heteroatoms. The van der Waals surface area contributed by atoms with E-state index in [-0.39, 0.29) is 5.75 Å². The summed E-state index contributed by atoms with van der Waals surface area (Å²) in [6, 6.07) is 13.7. The predicted molar refractivity (Wildman–Crippen MR) is 131 cm³/mol. The second kappa shape index (κ2) is 9.31. The maximum atomic E-state index is 12.1. The maximum absolute atomic E-state index is 12.1. The lowest BCUT2D eigenvalue weighted by Crippen LogP contribution is -2.23. The number of benzene rings is 3. The Morgan fingerprint density at radius 1 is 0.743 bits per heavy atom. The van der Waals surface area contributed by atoms with Crippen LogP contribution in [-0.2, 0) is 5.60 Å². The Balaban J connectivity index is 2.02. The van der Waals surface area contributed by atoms with Crippen LogP contribution in [0, 0.1) is 0 Å². The van der Waals surface area contributed by atoms with Gasteiger partial charge in [0.2, 0.25) is 5.75 Å². The van der Waals surface area contributed by atoms with Crippen LogP contribution in [0.3, 0.4) is 0 Å². The van der Waals surface area contributed by atoms with E-state index in [1.807, 2.05) is 6.07 Å². The molecule has 0 spiro atoms. The quantitative estimate of drug-likeness (QED) is 0.359. The van der Waals surface area contributed by atoms with Crippen LogP contribution in [-0.4, -0.2) is 45.8 Å². The third-order valence-electron chi connectivity index (χ3n) is 6.05. The van der Waals surface area contributed by atoms with Gasteiger partial charge >= 0.3 is 0 Å². The number of rotatable bonds is 8. The van der Waals surface area contributed by atoms with Crippen molar-refractivity contribution in [3.63, 3.8) is 0 Å². The number of phenols is 1. The minimum absolute atomic E-state index is 0.0542. The summed E-state index contributed by atoms with van der Waals surface area (Å²) in [5.41, 5.74) is 0.481. The first-order valence-electron chi connectivity index (χ1n) is 10.8. The first-order valence-corrected chi connectivity index (χ1v) is 10.8. The Labute approximate surface area is 203 Å². The third kappa shape index (κ3) is 4.06. The number of methoxy groups -OCH3 is 5. The van der Waals surface area contributed by atoms with E-state index >= 15 is 0 Å². The van der Waals surface area contributed by atoms with Gasteiger partial charge < -0.3 is 38.3 Å². The van der Waals surface area contributed by atoms with Crippen LogP contribution in [0.4, 0.5) is 0 Å². The van der Waals surface area contributed by atoms with Crippen LogP contribution in [0.25, 0.3) is 22.3 Å². The van der Waals surface area contributed by atoms with Gasteiger partial charge in [0.1, 0.15) is 22.7 Å². The number of furan rings is 1. The van der Waals surface area contributed by atoms with E-state index in [4.69, 9.17) is 28.1 Å². The fraction of sp³-hybridized carbons (Fsp3) is 0.259. The molecule has 1 aromatic heterocycles. The summed E-state index contributed by atoms with van der Waals surface area (Å²) < 4.78 is 33.2. The Morgan fingerprint density at radius 2 is 1.40 bits per heavy atom. The van der Waals surface area contributed by atoms with Gasteiger partial charge in [0, 0.05) is 22.6 Å². The molecule has 0 saturated carbocycles. The highest BCUT2D eigenvalue weighted by molar-refractivity contribution is 5.91. The molecule has 3 aromatic carbocycles. The minimum Gasteiger partial charge on any atom is -0.504 e. The molecule has 1 unspecified atom stereocenters. The molecule has 0 amide bonds. The first kappa shape index (κ1) is 24.1. The maximum Gasteiger partial charge on any atom is 0.203 e. The molecular weight excluding hydrogens is 452 g/mol. The predicted octanol–water partition coefficient (Wildman–Crippen LogP) is 5.10. The molecule has 2 N–H and O–H groups in total. The standard InChI is InChI=1S/C27H28O8/c1-27(29,16-12-22(32-4)26(34-6)23(13-16)33-5)24-18-9-8-17(30-2)14-21(18)35-25(24)15-7-10-20(31-3)19(28)11-15/h7-14,28-29H,1-6H3. The van der Waals surface area contributed by atoms with Crippen molar-refractivity contribution in [3.8, 4) is 45.8 Å². The number of hydrogen-bond donors (Lipinski definition) is 2. The van der Waals surface area contributed by atoms with Gasteiger partial charge in [-0.2, -0.15) is 0 Å². The minimum atomic E-state index is -1.57. The van der Waals surface area contributed by atoms with Gasteiger partial charge in [-0.1, -0.05) is 0 Å². The zero-order valence-electron chi connectivity index (χ0n) is 20.5. The molecule has 4 aromatic rings. The average Bonchev–Trinajstić information content (AvgIpc) is 3.27. The zero-order chi connectivity index (χ0) is 25.3. The van der Waals surface area contributed by atoms with Gasteiger partial charge in [0.05, 0.1) is 35.5 Å². The molecule has 0 bridgehead atoms.